The first-order chi connectivity index (χ1) is 12.6. The molecule has 1 aliphatic heterocycles. The zero-order valence-corrected chi connectivity index (χ0v) is 15.4. The lowest BCUT2D eigenvalue weighted by molar-refractivity contribution is 0.413. The van der Waals surface area contributed by atoms with E-state index in [4.69, 9.17) is 4.74 Å². The third-order valence-corrected chi connectivity index (χ3v) is 6.42. The molecule has 0 atom stereocenters. The zero-order valence-electron chi connectivity index (χ0n) is 14.6. The van der Waals surface area contributed by atoms with Gasteiger partial charge >= 0.3 is 0 Å². The summed E-state index contributed by atoms with van der Waals surface area (Å²) in [4.78, 5) is 2.50. The minimum atomic E-state index is -3.70. The van der Waals surface area contributed by atoms with Gasteiger partial charge in [-0.15, -0.1) is 0 Å². The van der Waals surface area contributed by atoms with Crippen molar-refractivity contribution in [1.82, 2.24) is 9.29 Å². The van der Waals surface area contributed by atoms with E-state index in [1.165, 1.54) is 11.1 Å². The second-order valence-electron chi connectivity index (χ2n) is 6.24. The van der Waals surface area contributed by atoms with Gasteiger partial charge < -0.3 is 15.0 Å². The van der Waals surface area contributed by atoms with Crippen molar-refractivity contribution in [3.63, 3.8) is 0 Å². The number of aromatic nitrogens is 1. The molecule has 0 unspecified atom stereocenters. The molecule has 1 aliphatic rings. The van der Waals surface area contributed by atoms with E-state index < -0.39 is 10.0 Å². The molecule has 0 saturated carbocycles. The van der Waals surface area contributed by atoms with Gasteiger partial charge in [0.15, 0.2) is 0 Å². The largest absolute Gasteiger partial charge is 0.497 e. The molecule has 2 aromatic carbocycles. The molecule has 3 aromatic rings. The van der Waals surface area contributed by atoms with Crippen LogP contribution in [0.25, 0.3) is 10.9 Å². The number of piperazine rings is 1. The van der Waals surface area contributed by atoms with Crippen LogP contribution in [0.5, 0.6) is 5.75 Å². The van der Waals surface area contributed by atoms with E-state index in [1.54, 1.807) is 30.5 Å². The van der Waals surface area contributed by atoms with E-state index >= 15 is 0 Å². The molecule has 1 saturated heterocycles. The molecule has 0 bridgehead atoms. The number of methoxy groups -OCH3 is 1. The van der Waals surface area contributed by atoms with Gasteiger partial charge in [0.25, 0.3) is 10.0 Å². The fourth-order valence-electron chi connectivity index (χ4n) is 3.39. The van der Waals surface area contributed by atoms with Crippen molar-refractivity contribution in [3.8, 4) is 5.75 Å². The molecule has 7 heteroatoms. The summed E-state index contributed by atoms with van der Waals surface area (Å²) in [7, 11) is -2.17. The molecular formula is C19H21N3O3S. The van der Waals surface area contributed by atoms with Crippen molar-refractivity contribution in [2.75, 3.05) is 38.2 Å². The maximum atomic E-state index is 13.1. The Bertz CT molecular complexity index is 1040. The Morgan fingerprint density at radius 1 is 1.04 bits per heavy atom. The summed E-state index contributed by atoms with van der Waals surface area (Å²) in [6.45, 7) is 3.68. The highest BCUT2D eigenvalue weighted by Gasteiger charge is 2.21. The quantitative estimate of drug-likeness (QED) is 0.762. The SMILES string of the molecule is COc1cccc(S(=O)(=O)n2ccc3c(N4CCNCC4)cccc32)c1. The molecule has 26 heavy (non-hydrogen) atoms. The minimum Gasteiger partial charge on any atom is -0.497 e. The highest BCUT2D eigenvalue weighted by Crippen LogP contribution is 2.31. The fourth-order valence-corrected chi connectivity index (χ4v) is 4.77. The molecule has 1 aromatic heterocycles. The van der Waals surface area contributed by atoms with Gasteiger partial charge in [-0.05, 0) is 30.3 Å². The molecule has 136 valence electrons. The number of hydrogen-bond donors (Lipinski definition) is 1. The third-order valence-electron chi connectivity index (χ3n) is 4.73. The van der Waals surface area contributed by atoms with E-state index in [1.807, 2.05) is 18.2 Å². The number of anilines is 1. The summed E-state index contributed by atoms with van der Waals surface area (Å²) < 4.78 is 32.8. The Hall–Kier alpha value is -2.51. The number of hydrogen-bond acceptors (Lipinski definition) is 5. The lowest BCUT2D eigenvalue weighted by Crippen LogP contribution is -2.43. The zero-order chi connectivity index (χ0) is 18.1. The second kappa shape index (κ2) is 6.66. The van der Waals surface area contributed by atoms with Gasteiger partial charge in [0.05, 0.1) is 17.5 Å². The standard InChI is InChI=1S/C19H21N3O3S/c1-25-15-4-2-5-16(14-15)26(23,24)22-11-8-17-18(6-3-7-19(17)22)21-12-9-20-10-13-21/h2-8,11,14,20H,9-10,12-13H2,1H3. The number of fused-ring (bicyclic) bond motifs is 1. The van der Waals surface area contributed by atoms with Crippen LogP contribution in [0.15, 0.2) is 59.6 Å². The fraction of sp³-hybridized carbons (Fsp3) is 0.263. The van der Waals surface area contributed by atoms with Gasteiger partial charge in [-0.25, -0.2) is 12.4 Å². The molecule has 2 heterocycles. The average molecular weight is 371 g/mol. The van der Waals surface area contributed by atoms with Crippen LogP contribution in [-0.4, -0.2) is 45.7 Å². The summed E-state index contributed by atoms with van der Waals surface area (Å²) >= 11 is 0. The van der Waals surface area contributed by atoms with Crippen molar-refractivity contribution in [2.45, 2.75) is 4.90 Å². The van der Waals surface area contributed by atoms with Gasteiger partial charge in [0, 0.05) is 49.5 Å². The van der Waals surface area contributed by atoms with Crippen molar-refractivity contribution in [1.29, 1.82) is 0 Å². The lowest BCUT2D eigenvalue weighted by atomic mass is 10.2. The Kier molecular flexibility index (Phi) is 4.34. The Balaban J connectivity index is 1.82. The molecule has 0 amide bonds. The van der Waals surface area contributed by atoms with Gasteiger partial charge in [-0.3, -0.25) is 0 Å². The molecule has 1 N–H and O–H groups in total. The number of nitrogens with zero attached hydrogens (tertiary/aromatic N) is 2. The predicted octanol–water partition coefficient (Wildman–Crippen LogP) is 2.30. The van der Waals surface area contributed by atoms with Crippen LogP contribution < -0.4 is 15.0 Å². The number of nitrogens with one attached hydrogen (secondary N) is 1. The van der Waals surface area contributed by atoms with Crippen LogP contribution in [0.2, 0.25) is 0 Å². The average Bonchev–Trinajstić information content (AvgIpc) is 3.13. The maximum absolute atomic E-state index is 13.1. The molecule has 0 radical (unpaired) electrons. The van der Waals surface area contributed by atoms with Crippen LogP contribution in [-0.2, 0) is 10.0 Å². The van der Waals surface area contributed by atoms with Crippen molar-refractivity contribution < 1.29 is 13.2 Å². The number of benzene rings is 2. The van der Waals surface area contributed by atoms with Crippen molar-refractivity contribution >= 4 is 26.6 Å². The van der Waals surface area contributed by atoms with Gasteiger partial charge in [0.1, 0.15) is 5.75 Å². The highest BCUT2D eigenvalue weighted by atomic mass is 32.2. The normalized spacial score (nSPS) is 15.3. The summed E-state index contributed by atoms with van der Waals surface area (Å²) in [6.07, 6.45) is 1.63. The van der Waals surface area contributed by atoms with Crippen molar-refractivity contribution in [3.05, 3.63) is 54.7 Å². The van der Waals surface area contributed by atoms with Crippen LogP contribution in [0.1, 0.15) is 0 Å². The summed E-state index contributed by atoms with van der Waals surface area (Å²) in [5, 5.41) is 4.28. The molecule has 4 rings (SSSR count). The van der Waals surface area contributed by atoms with Crippen LogP contribution in [0, 0.1) is 0 Å². The predicted molar refractivity (Wildman–Crippen MR) is 103 cm³/mol. The van der Waals surface area contributed by atoms with Gasteiger partial charge in [-0.1, -0.05) is 12.1 Å². The van der Waals surface area contributed by atoms with Crippen molar-refractivity contribution in [2.24, 2.45) is 0 Å². The van der Waals surface area contributed by atoms with E-state index in [2.05, 4.69) is 16.3 Å². The number of ether oxygens (including phenoxy) is 1. The Morgan fingerprint density at radius 3 is 2.58 bits per heavy atom. The van der Waals surface area contributed by atoms with E-state index in [9.17, 15) is 8.42 Å². The summed E-state index contributed by atoms with van der Waals surface area (Å²) in [6, 6.07) is 14.2. The van der Waals surface area contributed by atoms with Gasteiger partial charge in [0.2, 0.25) is 0 Å². The second-order valence-corrected chi connectivity index (χ2v) is 8.06. The maximum Gasteiger partial charge on any atom is 0.268 e. The molecule has 6 nitrogen and oxygen atoms in total. The smallest absolute Gasteiger partial charge is 0.268 e. The lowest BCUT2D eigenvalue weighted by Gasteiger charge is -2.30. The first-order valence-electron chi connectivity index (χ1n) is 8.56. The molecule has 0 spiro atoms. The van der Waals surface area contributed by atoms with Crippen LogP contribution >= 0.6 is 0 Å². The van der Waals surface area contributed by atoms with Crippen LogP contribution in [0.3, 0.4) is 0 Å². The summed E-state index contributed by atoms with van der Waals surface area (Å²) in [5.41, 5.74) is 1.76. The first-order valence-corrected chi connectivity index (χ1v) is 10.0. The topological polar surface area (TPSA) is 63.6 Å². The third kappa shape index (κ3) is 2.83. The number of rotatable bonds is 4. The van der Waals surface area contributed by atoms with Crippen LogP contribution in [0.4, 0.5) is 5.69 Å². The Morgan fingerprint density at radius 2 is 1.81 bits per heavy atom. The highest BCUT2D eigenvalue weighted by molar-refractivity contribution is 7.90. The molecule has 0 aliphatic carbocycles. The Labute approximate surface area is 153 Å². The van der Waals surface area contributed by atoms with E-state index in [0.717, 1.165) is 37.3 Å². The van der Waals surface area contributed by atoms with E-state index in [0.29, 0.717) is 11.3 Å². The minimum absolute atomic E-state index is 0.210. The molecular weight excluding hydrogens is 350 g/mol. The molecule has 1 fully saturated rings. The first kappa shape index (κ1) is 16.9. The monoisotopic (exact) mass is 371 g/mol. The summed E-state index contributed by atoms with van der Waals surface area (Å²) in [5.74, 6) is 0.518. The van der Waals surface area contributed by atoms with E-state index in [-0.39, 0.29) is 4.90 Å². The van der Waals surface area contributed by atoms with Gasteiger partial charge in [-0.2, -0.15) is 0 Å².